The summed E-state index contributed by atoms with van der Waals surface area (Å²) >= 11 is 3.37. The molecule has 0 unspecified atom stereocenters. The van der Waals surface area contributed by atoms with Crippen LogP contribution < -0.4 is 9.47 Å². The van der Waals surface area contributed by atoms with Crippen LogP contribution in [-0.2, 0) is 0 Å². The number of hydrogen-bond acceptors (Lipinski definition) is 3. The lowest BCUT2D eigenvalue weighted by Gasteiger charge is -2.06. The van der Waals surface area contributed by atoms with Crippen molar-refractivity contribution < 1.29 is 9.47 Å². The van der Waals surface area contributed by atoms with Gasteiger partial charge in [-0.1, -0.05) is 22.0 Å². The molecule has 0 atom stereocenters. The Labute approximate surface area is 109 Å². The van der Waals surface area contributed by atoms with E-state index in [2.05, 4.69) is 20.9 Å². The molecule has 3 nitrogen and oxygen atoms in total. The normalized spacial score (nSPS) is 10.0. The summed E-state index contributed by atoms with van der Waals surface area (Å²) in [5.41, 5.74) is 0. The van der Waals surface area contributed by atoms with Gasteiger partial charge in [-0.05, 0) is 31.2 Å². The third-order valence-corrected chi connectivity index (χ3v) is 2.55. The van der Waals surface area contributed by atoms with E-state index in [9.17, 15) is 0 Å². The summed E-state index contributed by atoms with van der Waals surface area (Å²) in [6.45, 7) is 2.51. The van der Waals surface area contributed by atoms with Crippen molar-refractivity contribution in [3.05, 3.63) is 46.9 Å². The Kier molecular flexibility index (Phi) is 3.98. The molecule has 1 aromatic heterocycles. The maximum absolute atomic E-state index is 5.61. The summed E-state index contributed by atoms with van der Waals surface area (Å²) in [5, 5.41) is 0. The van der Waals surface area contributed by atoms with E-state index < -0.39 is 0 Å². The van der Waals surface area contributed by atoms with Gasteiger partial charge >= 0.3 is 0 Å². The van der Waals surface area contributed by atoms with E-state index in [4.69, 9.17) is 9.47 Å². The summed E-state index contributed by atoms with van der Waals surface area (Å²) < 4.78 is 11.9. The molecule has 0 aliphatic rings. The van der Waals surface area contributed by atoms with E-state index in [0.29, 0.717) is 18.4 Å². The first-order valence-electron chi connectivity index (χ1n) is 5.31. The topological polar surface area (TPSA) is 31.4 Å². The van der Waals surface area contributed by atoms with E-state index in [1.807, 2.05) is 37.3 Å². The van der Waals surface area contributed by atoms with Crippen molar-refractivity contribution in [2.75, 3.05) is 6.61 Å². The molecule has 0 saturated carbocycles. The number of hydrogen-bond donors (Lipinski definition) is 0. The van der Waals surface area contributed by atoms with Crippen LogP contribution in [0.25, 0.3) is 0 Å². The first kappa shape index (κ1) is 11.9. The van der Waals surface area contributed by atoms with Crippen molar-refractivity contribution in [2.24, 2.45) is 0 Å². The second-order valence-corrected chi connectivity index (χ2v) is 4.22. The van der Waals surface area contributed by atoms with Crippen LogP contribution in [0.15, 0.2) is 46.9 Å². The lowest BCUT2D eigenvalue weighted by atomic mass is 10.3. The van der Waals surface area contributed by atoms with Crippen LogP contribution in [0.4, 0.5) is 0 Å². The summed E-state index contributed by atoms with van der Waals surface area (Å²) in [7, 11) is 0. The number of benzene rings is 1. The zero-order chi connectivity index (χ0) is 12.1. The standard InChI is InChI=1S/C13H12BrNO2/c1-2-16-12-4-3-5-13(15-12)17-11-8-6-10(14)7-9-11/h3-9H,2H2,1H3. The van der Waals surface area contributed by atoms with Crippen molar-refractivity contribution in [2.45, 2.75) is 6.92 Å². The zero-order valence-electron chi connectivity index (χ0n) is 9.39. The Morgan fingerprint density at radius 3 is 2.47 bits per heavy atom. The Bertz CT molecular complexity index is 485. The lowest BCUT2D eigenvalue weighted by molar-refractivity contribution is 0.321. The molecular weight excluding hydrogens is 282 g/mol. The van der Waals surface area contributed by atoms with Crippen molar-refractivity contribution >= 4 is 15.9 Å². The molecular formula is C13H12BrNO2. The monoisotopic (exact) mass is 293 g/mol. The maximum Gasteiger partial charge on any atom is 0.222 e. The number of pyridine rings is 1. The Morgan fingerprint density at radius 1 is 1.06 bits per heavy atom. The van der Waals surface area contributed by atoms with Crippen LogP contribution in [0, 0.1) is 0 Å². The molecule has 17 heavy (non-hydrogen) atoms. The van der Waals surface area contributed by atoms with Gasteiger partial charge in [-0.25, -0.2) is 0 Å². The van der Waals surface area contributed by atoms with Crippen molar-refractivity contribution in [1.82, 2.24) is 4.98 Å². The molecule has 0 saturated heterocycles. The largest absolute Gasteiger partial charge is 0.478 e. The average Bonchev–Trinajstić information content (AvgIpc) is 2.33. The molecule has 0 amide bonds. The van der Waals surface area contributed by atoms with Gasteiger partial charge < -0.3 is 9.47 Å². The molecule has 1 heterocycles. The van der Waals surface area contributed by atoms with Gasteiger partial charge in [0.05, 0.1) is 6.61 Å². The smallest absolute Gasteiger partial charge is 0.222 e. The van der Waals surface area contributed by atoms with Crippen molar-refractivity contribution in [1.29, 1.82) is 0 Å². The SMILES string of the molecule is CCOc1cccc(Oc2ccc(Br)cc2)n1. The lowest BCUT2D eigenvalue weighted by Crippen LogP contribution is -1.95. The van der Waals surface area contributed by atoms with Crippen molar-refractivity contribution in [3.8, 4) is 17.5 Å². The first-order valence-corrected chi connectivity index (χ1v) is 6.10. The number of ether oxygens (including phenoxy) is 2. The van der Waals surface area contributed by atoms with Gasteiger partial charge in [0.1, 0.15) is 5.75 Å². The Morgan fingerprint density at radius 2 is 1.76 bits per heavy atom. The fraction of sp³-hybridized carbons (Fsp3) is 0.154. The number of rotatable bonds is 4. The quantitative estimate of drug-likeness (QED) is 0.853. The summed E-state index contributed by atoms with van der Waals surface area (Å²) in [6.07, 6.45) is 0. The molecule has 0 aliphatic heterocycles. The third kappa shape index (κ3) is 3.46. The number of aromatic nitrogens is 1. The molecule has 0 fully saturated rings. The fourth-order valence-electron chi connectivity index (χ4n) is 1.30. The van der Waals surface area contributed by atoms with Gasteiger partial charge in [0.2, 0.25) is 11.8 Å². The molecule has 1 aromatic carbocycles. The predicted molar refractivity (Wildman–Crippen MR) is 69.6 cm³/mol. The first-order chi connectivity index (χ1) is 8.28. The Balaban J connectivity index is 2.12. The molecule has 0 bridgehead atoms. The van der Waals surface area contributed by atoms with Crippen LogP contribution in [0.3, 0.4) is 0 Å². The second kappa shape index (κ2) is 5.68. The second-order valence-electron chi connectivity index (χ2n) is 3.30. The maximum atomic E-state index is 5.61. The van der Waals surface area contributed by atoms with Crippen LogP contribution in [-0.4, -0.2) is 11.6 Å². The van der Waals surface area contributed by atoms with Crippen LogP contribution >= 0.6 is 15.9 Å². The minimum absolute atomic E-state index is 0.526. The van der Waals surface area contributed by atoms with Gasteiger partial charge in [0.25, 0.3) is 0 Å². The van der Waals surface area contributed by atoms with E-state index in [1.165, 1.54) is 0 Å². The fourth-order valence-corrected chi connectivity index (χ4v) is 1.57. The molecule has 88 valence electrons. The minimum atomic E-state index is 0.526. The highest BCUT2D eigenvalue weighted by Crippen LogP contribution is 2.23. The minimum Gasteiger partial charge on any atom is -0.478 e. The van der Waals surface area contributed by atoms with E-state index >= 15 is 0 Å². The van der Waals surface area contributed by atoms with E-state index in [-0.39, 0.29) is 0 Å². The Hall–Kier alpha value is -1.55. The van der Waals surface area contributed by atoms with Gasteiger partial charge in [-0.3, -0.25) is 0 Å². The van der Waals surface area contributed by atoms with Gasteiger partial charge in [-0.15, -0.1) is 0 Å². The number of halogens is 1. The average molecular weight is 294 g/mol. The molecule has 2 aromatic rings. The van der Waals surface area contributed by atoms with Crippen LogP contribution in [0.5, 0.6) is 17.5 Å². The molecule has 0 N–H and O–H groups in total. The molecule has 0 radical (unpaired) electrons. The summed E-state index contributed by atoms with van der Waals surface area (Å²) in [6, 6.07) is 13.0. The van der Waals surface area contributed by atoms with Crippen LogP contribution in [0.1, 0.15) is 6.92 Å². The highest BCUT2D eigenvalue weighted by atomic mass is 79.9. The van der Waals surface area contributed by atoms with Gasteiger partial charge in [0, 0.05) is 16.6 Å². The van der Waals surface area contributed by atoms with Gasteiger partial charge in [-0.2, -0.15) is 4.98 Å². The molecule has 4 heteroatoms. The summed E-state index contributed by atoms with van der Waals surface area (Å²) in [5.74, 6) is 1.84. The molecule has 0 spiro atoms. The molecule has 2 rings (SSSR count). The van der Waals surface area contributed by atoms with Gasteiger partial charge in [0.15, 0.2) is 0 Å². The summed E-state index contributed by atoms with van der Waals surface area (Å²) in [4.78, 5) is 4.22. The van der Waals surface area contributed by atoms with Crippen molar-refractivity contribution in [3.63, 3.8) is 0 Å². The predicted octanol–water partition coefficient (Wildman–Crippen LogP) is 4.04. The third-order valence-electron chi connectivity index (χ3n) is 2.03. The van der Waals surface area contributed by atoms with E-state index in [1.54, 1.807) is 12.1 Å². The zero-order valence-corrected chi connectivity index (χ0v) is 11.0. The number of nitrogens with zero attached hydrogens (tertiary/aromatic N) is 1. The van der Waals surface area contributed by atoms with Crippen LogP contribution in [0.2, 0.25) is 0 Å². The molecule has 0 aliphatic carbocycles. The highest BCUT2D eigenvalue weighted by molar-refractivity contribution is 9.10. The van der Waals surface area contributed by atoms with E-state index in [0.717, 1.165) is 10.2 Å². The highest BCUT2D eigenvalue weighted by Gasteiger charge is 2.00.